The Morgan fingerprint density at radius 2 is 2.00 bits per heavy atom. The number of rotatable bonds is 1. The quantitative estimate of drug-likeness (QED) is 0.580. The van der Waals surface area contributed by atoms with Crippen molar-refractivity contribution in [2.75, 3.05) is 0 Å². The van der Waals surface area contributed by atoms with Gasteiger partial charge in [-0.25, -0.2) is 0 Å². The largest absolute Gasteiger partial charge is 0.345 e. The van der Waals surface area contributed by atoms with Gasteiger partial charge in [0, 0.05) is 5.41 Å². The van der Waals surface area contributed by atoms with Crippen molar-refractivity contribution in [2.24, 2.45) is 5.41 Å². The van der Waals surface area contributed by atoms with E-state index in [1.54, 1.807) is 0 Å². The summed E-state index contributed by atoms with van der Waals surface area (Å²) in [6, 6.07) is 0. The molecule has 2 rings (SSSR count). The molecule has 74 valence electrons. The lowest BCUT2D eigenvalue weighted by Crippen LogP contribution is -2.31. The maximum atomic E-state index is 5.89. The minimum atomic E-state index is -0.403. The second-order valence-corrected chi connectivity index (χ2v) is 4.84. The van der Waals surface area contributed by atoms with Gasteiger partial charge in [0.1, 0.15) is 0 Å². The van der Waals surface area contributed by atoms with Gasteiger partial charge in [0.25, 0.3) is 0 Å². The number of hydrogen-bond donors (Lipinski definition) is 0. The Kier molecular flexibility index (Phi) is 1.83. The second kappa shape index (κ2) is 2.58. The summed E-state index contributed by atoms with van der Waals surface area (Å²) in [5.41, 5.74) is 0.110. The normalized spacial score (nSPS) is 47.6. The molecule has 1 saturated heterocycles. The fourth-order valence-corrected chi connectivity index (χ4v) is 2.42. The molecule has 2 fully saturated rings. The van der Waals surface area contributed by atoms with E-state index in [4.69, 9.17) is 9.47 Å². The lowest BCUT2D eigenvalue weighted by Gasteiger charge is -2.27. The summed E-state index contributed by atoms with van der Waals surface area (Å²) in [5, 5.41) is 0. The molecule has 0 aromatic carbocycles. The molecule has 1 heterocycles. The highest BCUT2D eigenvalue weighted by Crippen LogP contribution is 2.48. The summed E-state index contributed by atoms with van der Waals surface area (Å²) in [4.78, 5) is 0. The summed E-state index contributed by atoms with van der Waals surface area (Å²) in [6.07, 6.45) is 4.72. The molecule has 0 spiro atoms. The van der Waals surface area contributed by atoms with E-state index in [1.807, 2.05) is 19.9 Å². The molecule has 0 amide bonds. The van der Waals surface area contributed by atoms with Gasteiger partial charge in [-0.15, -0.1) is 6.58 Å². The van der Waals surface area contributed by atoms with Crippen molar-refractivity contribution in [3.8, 4) is 0 Å². The Morgan fingerprint density at radius 3 is 2.62 bits per heavy atom. The molecule has 2 aliphatic rings. The van der Waals surface area contributed by atoms with Crippen LogP contribution in [-0.2, 0) is 9.47 Å². The van der Waals surface area contributed by atoms with Crippen molar-refractivity contribution < 1.29 is 9.47 Å². The van der Waals surface area contributed by atoms with Gasteiger partial charge in [0.15, 0.2) is 5.79 Å². The molecule has 0 N–H and O–H groups in total. The van der Waals surface area contributed by atoms with Gasteiger partial charge in [-0.05, 0) is 26.7 Å². The van der Waals surface area contributed by atoms with Crippen LogP contribution >= 0.6 is 0 Å². The number of hydrogen-bond acceptors (Lipinski definition) is 2. The van der Waals surface area contributed by atoms with Crippen LogP contribution in [0, 0.1) is 5.41 Å². The summed E-state index contributed by atoms with van der Waals surface area (Å²) < 4.78 is 11.7. The molecule has 3 atom stereocenters. The predicted octanol–water partition coefficient (Wildman–Crippen LogP) is 2.49. The minimum absolute atomic E-state index is 0.110. The van der Waals surface area contributed by atoms with Crippen molar-refractivity contribution in [3.05, 3.63) is 12.7 Å². The molecule has 1 saturated carbocycles. The molecular weight excluding hydrogens is 164 g/mol. The highest BCUT2D eigenvalue weighted by atomic mass is 16.8. The van der Waals surface area contributed by atoms with Crippen molar-refractivity contribution in [1.82, 2.24) is 0 Å². The van der Waals surface area contributed by atoms with Gasteiger partial charge >= 0.3 is 0 Å². The molecule has 2 heteroatoms. The van der Waals surface area contributed by atoms with Crippen LogP contribution < -0.4 is 0 Å². The van der Waals surface area contributed by atoms with E-state index >= 15 is 0 Å². The Labute approximate surface area is 79.9 Å². The van der Waals surface area contributed by atoms with E-state index in [1.165, 1.54) is 0 Å². The average Bonchev–Trinajstić information content (AvgIpc) is 2.49. The van der Waals surface area contributed by atoms with Crippen LogP contribution in [0.25, 0.3) is 0 Å². The summed E-state index contributed by atoms with van der Waals surface area (Å²) in [5.74, 6) is -0.403. The molecule has 0 aromatic heterocycles. The van der Waals surface area contributed by atoms with Crippen molar-refractivity contribution >= 4 is 0 Å². The monoisotopic (exact) mass is 182 g/mol. The third kappa shape index (κ3) is 1.32. The van der Waals surface area contributed by atoms with Crippen molar-refractivity contribution in [3.63, 3.8) is 0 Å². The maximum Gasteiger partial charge on any atom is 0.163 e. The molecule has 0 bridgehead atoms. The number of fused-ring (bicyclic) bond motifs is 1. The highest BCUT2D eigenvalue weighted by Gasteiger charge is 2.53. The lowest BCUT2D eigenvalue weighted by molar-refractivity contribution is -0.160. The van der Waals surface area contributed by atoms with Gasteiger partial charge in [0.2, 0.25) is 0 Å². The Balaban J connectivity index is 2.21. The van der Waals surface area contributed by atoms with Crippen molar-refractivity contribution in [1.29, 1.82) is 0 Å². The molecule has 13 heavy (non-hydrogen) atoms. The van der Waals surface area contributed by atoms with Crippen LogP contribution in [0.5, 0.6) is 0 Å². The third-order valence-electron chi connectivity index (χ3n) is 3.27. The first-order valence-electron chi connectivity index (χ1n) is 4.96. The summed E-state index contributed by atoms with van der Waals surface area (Å²) in [6.45, 7) is 10.1. The first kappa shape index (κ1) is 9.22. The van der Waals surface area contributed by atoms with Gasteiger partial charge in [-0.1, -0.05) is 13.0 Å². The van der Waals surface area contributed by atoms with Gasteiger partial charge in [0.05, 0.1) is 12.2 Å². The molecule has 0 unspecified atom stereocenters. The first-order chi connectivity index (χ1) is 5.97. The van der Waals surface area contributed by atoms with Crippen LogP contribution in [0.4, 0.5) is 0 Å². The van der Waals surface area contributed by atoms with E-state index in [0.717, 1.165) is 12.8 Å². The Hall–Kier alpha value is -0.340. The second-order valence-electron chi connectivity index (χ2n) is 4.84. The Bertz CT molecular complexity index is 234. The van der Waals surface area contributed by atoms with Crippen molar-refractivity contribution in [2.45, 2.75) is 51.6 Å². The number of ether oxygens (including phenoxy) is 2. The molecule has 0 aromatic rings. The lowest BCUT2D eigenvalue weighted by atomic mass is 9.86. The van der Waals surface area contributed by atoms with E-state index in [-0.39, 0.29) is 17.6 Å². The standard InChI is InChI=1S/C11H18O2/c1-5-11(4)7-6-8-9(11)13-10(2,3)12-8/h5,8-9H,1,6-7H2,2-4H3/t8-,9-,11-/m0/s1. The molecule has 1 aliphatic heterocycles. The van der Waals surface area contributed by atoms with Crippen LogP contribution in [0.2, 0.25) is 0 Å². The smallest absolute Gasteiger partial charge is 0.163 e. The zero-order valence-corrected chi connectivity index (χ0v) is 8.67. The van der Waals surface area contributed by atoms with Gasteiger partial charge in [-0.2, -0.15) is 0 Å². The summed E-state index contributed by atoms with van der Waals surface area (Å²) in [7, 11) is 0. The van der Waals surface area contributed by atoms with Gasteiger partial charge in [-0.3, -0.25) is 0 Å². The molecule has 1 aliphatic carbocycles. The fourth-order valence-electron chi connectivity index (χ4n) is 2.42. The van der Waals surface area contributed by atoms with Crippen LogP contribution in [0.3, 0.4) is 0 Å². The predicted molar refractivity (Wildman–Crippen MR) is 51.4 cm³/mol. The zero-order valence-electron chi connectivity index (χ0n) is 8.67. The van der Waals surface area contributed by atoms with E-state index in [0.29, 0.717) is 0 Å². The van der Waals surface area contributed by atoms with Crippen LogP contribution in [0.1, 0.15) is 33.6 Å². The zero-order chi connectivity index (χ0) is 9.69. The van der Waals surface area contributed by atoms with Gasteiger partial charge < -0.3 is 9.47 Å². The third-order valence-corrected chi connectivity index (χ3v) is 3.27. The fraction of sp³-hybridized carbons (Fsp3) is 0.818. The SMILES string of the molecule is C=C[C@@]1(C)CC[C@@H]2OC(C)(C)O[C@@H]21. The molecule has 2 nitrogen and oxygen atoms in total. The van der Waals surface area contributed by atoms with Crippen LogP contribution in [-0.4, -0.2) is 18.0 Å². The van der Waals surface area contributed by atoms with E-state index in [9.17, 15) is 0 Å². The highest BCUT2D eigenvalue weighted by molar-refractivity contribution is 5.08. The minimum Gasteiger partial charge on any atom is -0.345 e. The molecular formula is C11H18O2. The first-order valence-corrected chi connectivity index (χ1v) is 4.96. The maximum absolute atomic E-state index is 5.89. The Morgan fingerprint density at radius 1 is 1.31 bits per heavy atom. The average molecular weight is 182 g/mol. The van der Waals surface area contributed by atoms with Crippen LogP contribution in [0.15, 0.2) is 12.7 Å². The topological polar surface area (TPSA) is 18.5 Å². The van der Waals surface area contributed by atoms with E-state index < -0.39 is 5.79 Å². The summed E-state index contributed by atoms with van der Waals surface area (Å²) >= 11 is 0. The molecule has 0 radical (unpaired) electrons. The van der Waals surface area contributed by atoms with E-state index in [2.05, 4.69) is 13.5 Å².